The minimum atomic E-state index is -3.70. The van der Waals surface area contributed by atoms with Gasteiger partial charge in [-0.05, 0) is 37.6 Å². The summed E-state index contributed by atoms with van der Waals surface area (Å²) in [6, 6.07) is 11.8. The second-order valence-corrected chi connectivity index (χ2v) is 8.56. The number of hydrogen-bond donors (Lipinski definition) is 2. The summed E-state index contributed by atoms with van der Waals surface area (Å²) in [6.07, 6.45) is 2.60. The average Bonchev–Trinajstić information content (AvgIpc) is 2.64. The third-order valence-corrected chi connectivity index (χ3v) is 5.29. The van der Waals surface area contributed by atoms with Gasteiger partial charge < -0.3 is 10.6 Å². The number of para-hydroxylation sites is 1. The molecule has 154 valence electrons. The lowest BCUT2D eigenvalue weighted by atomic mass is 10.1. The van der Waals surface area contributed by atoms with E-state index in [1.807, 2.05) is 13.0 Å². The lowest BCUT2D eigenvalue weighted by Crippen LogP contribution is -2.38. The molecule has 2 aromatic carbocycles. The quantitative estimate of drug-likeness (QED) is 0.648. The smallest absolute Gasteiger partial charge is 0.253 e. The zero-order valence-electron chi connectivity index (χ0n) is 16.7. The van der Waals surface area contributed by atoms with Gasteiger partial charge in [-0.3, -0.25) is 13.9 Å². The molecule has 0 bridgehead atoms. The first kappa shape index (κ1) is 22.2. The van der Waals surface area contributed by atoms with E-state index in [0.717, 1.165) is 21.7 Å². The molecule has 8 heteroatoms. The van der Waals surface area contributed by atoms with Gasteiger partial charge in [-0.15, -0.1) is 6.58 Å². The highest BCUT2D eigenvalue weighted by molar-refractivity contribution is 7.92. The summed E-state index contributed by atoms with van der Waals surface area (Å²) < 4.78 is 25.7. The molecule has 0 fully saturated rings. The van der Waals surface area contributed by atoms with E-state index in [4.69, 9.17) is 0 Å². The van der Waals surface area contributed by atoms with Gasteiger partial charge >= 0.3 is 0 Å². The predicted octanol–water partition coefficient (Wildman–Crippen LogP) is 2.62. The van der Waals surface area contributed by atoms with Crippen molar-refractivity contribution in [2.75, 3.05) is 29.0 Å². The van der Waals surface area contributed by atoms with Crippen molar-refractivity contribution in [3.63, 3.8) is 0 Å². The van der Waals surface area contributed by atoms with Gasteiger partial charge in [-0.2, -0.15) is 0 Å². The van der Waals surface area contributed by atoms with E-state index in [2.05, 4.69) is 17.2 Å². The normalized spacial score (nSPS) is 10.9. The van der Waals surface area contributed by atoms with Crippen molar-refractivity contribution in [2.24, 2.45) is 0 Å². The molecule has 0 heterocycles. The zero-order valence-corrected chi connectivity index (χ0v) is 17.5. The Morgan fingerprint density at radius 3 is 2.45 bits per heavy atom. The standard InChI is InChI=1S/C21H25N3O4S/c1-5-12-22-21(26)17-8-6-7-9-18(17)23-20(25)14-24(29(4,27)28)19-11-10-15(2)13-16(19)3/h5-11,13H,1,12,14H2,2-4H3,(H,22,26)(H,23,25). The predicted molar refractivity (Wildman–Crippen MR) is 116 cm³/mol. The Kier molecular flexibility index (Phi) is 7.17. The van der Waals surface area contributed by atoms with Gasteiger partial charge in [0.25, 0.3) is 5.91 Å². The fourth-order valence-electron chi connectivity index (χ4n) is 2.84. The maximum atomic E-state index is 12.6. The molecule has 0 saturated carbocycles. The van der Waals surface area contributed by atoms with Crippen LogP contribution in [0.4, 0.5) is 11.4 Å². The van der Waals surface area contributed by atoms with Crippen LogP contribution in [0.25, 0.3) is 0 Å². The van der Waals surface area contributed by atoms with Gasteiger partial charge in [0.15, 0.2) is 0 Å². The van der Waals surface area contributed by atoms with Crippen LogP contribution in [-0.2, 0) is 14.8 Å². The molecule has 0 atom stereocenters. The van der Waals surface area contributed by atoms with Crippen molar-refractivity contribution in [1.29, 1.82) is 0 Å². The molecule has 7 nitrogen and oxygen atoms in total. The van der Waals surface area contributed by atoms with E-state index in [-0.39, 0.29) is 18.0 Å². The van der Waals surface area contributed by atoms with E-state index in [9.17, 15) is 18.0 Å². The van der Waals surface area contributed by atoms with Crippen LogP contribution in [0.3, 0.4) is 0 Å². The number of carbonyl (C=O) groups is 2. The Hall–Kier alpha value is -3.13. The summed E-state index contributed by atoms with van der Waals surface area (Å²) in [5.74, 6) is -0.922. The number of rotatable bonds is 8. The summed E-state index contributed by atoms with van der Waals surface area (Å²) in [4.78, 5) is 24.9. The fraction of sp³-hybridized carbons (Fsp3) is 0.238. The van der Waals surface area contributed by atoms with E-state index in [1.54, 1.807) is 49.4 Å². The number of sulfonamides is 1. The van der Waals surface area contributed by atoms with Crippen molar-refractivity contribution in [3.8, 4) is 0 Å². The van der Waals surface area contributed by atoms with E-state index in [0.29, 0.717) is 11.4 Å². The first-order valence-electron chi connectivity index (χ1n) is 8.96. The number of aryl methyl sites for hydroxylation is 2. The monoisotopic (exact) mass is 415 g/mol. The Bertz CT molecular complexity index is 1030. The van der Waals surface area contributed by atoms with Crippen LogP contribution in [0, 0.1) is 13.8 Å². The van der Waals surface area contributed by atoms with Crippen LogP contribution in [0.5, 0.6) is 0 Å². The zero-order chi connectivity index (χ0) is 21.6. The number of nitrogens with zero attached hydrogens (tertiary/aromatic N) is 1. The van der Waals surface area contributed by atoms with Crippen molar-refractivity contribution in [3.05, 3.63) is 71.8 Å². The minimum absolute atomic E-state index is 0.278. The molecule has 2 N–H and O–H groups in total. The Morgan fingerprint density at radius 2 is 1.83 bits per heavy atom. The van der Waals surface area contributed by atoms with Gasteiger partial charge in [-0.1, -0.05) is 35.9 Å². The number of amides is 2. The first-order valence-corrected chi connectivity index (χ1v) is 10.8. The highest BCUT2D eigenvalue weighted by Gasteiger charge is 2.23. The SMILES string of the molecule is C=CCNC(=O)c1ccccc1NC(=O)CN(c1ccc(C)cc1C)S(C)(=O)=O. The molecule has 29 heavy (non-hydrogen) atoms. The third-order valence-electron chi connectivity index (χ3n) is 4.16. The van der Waals surface area contributed by atoms with E-state index < -0.39 is 22.5 Å². The molecule has 0 aliphatic heterocycles. The lowest BCUT2D eigenvalue weighted by Gasteiger charge is -2.24. The van der Waals surface area contributed by atoms with Crippen LogP contribution in [-0.4, -0.2) is 39.6 Å². The van der Waals surface area contributed by atoms with Crippen molar-refractivity contribution < 1.29 is 18.0 Å². The van der Waals surface area contributed by atoms with Crippen LogP contribution >= 0.6 is 0 Å². The minimum Gasteiger partial charge on any atom is -0.349 e. The van der Waals surface area contributed by atoms with Crippen molar-refractivity contribution in [1.82, 2.24) is 5.32 Å². The Morgan fingerprint density at radius 1 is 1.14 bits per heavy atom. The van der Waals surface area contributed by atoms with Crippen molar-refractivity contribution >= 4 is 33.2 Å². The summed E-state index contributed by atoms with van der Waals surface area (Å²) in [5, 5.41) is 5.29. The molecule has 0 aromatic heterocycles. The molecule has 0 aliphatic rings. The van der Waals surface area contributed by atoms with Crippen LogP contribution < -0.4 is 14.9 Å². The first-order chi connectivity index (χ1) is 13.6. The molecular formula is C21H25N3O4S. The van der Waals surface area contributed by atoms with Gasteiger partial charge in [0, 0.05) is 6.54 Å². The van der Waals surface area contributed by atoms with E-state index >= 15 is 0 Å². The summed E-state index contributed by atoms with van der Waals surface area (Å²) in [5.41, 5.74) is 2.74. The number of carbonyl (C=O) groups excluding carboxylic acids is 2. The average molecular weight is 416 g/mol. The molecule has 2 amide bonds. The summed E-state index contributed by atoms with van der Waals surface area (Å²) in [6.45, 7) is 7.12. The van der Waals surface area contributed by atoms with Gasteiger partial charge in [-0.25, -0.2) is 8.42 Å². The Balaban J connectivity index is 2.26. The number of nitrogens with one attached hydrogen (secondary N) is 2. The van der Waals surface area contributed by atoms with Crippen LogP contribution in [0.2, 0.25) is 0 Å². The number of hydrogen-bond acceptors (Lipinski definition) is 4. The van der Waals surface area contributed by atoms with E-state index in [1.165, 1.54) is 0 Å². The maximum Gasteiger partial charge on any atom is 0.253 e. The maximum absolute atomic E-state index is 12.6. The second-order valence-electron chi connectivity index (χ2n) is 6.65. The van der Waals surface area contributed by atoms with Crippen LogP contribution in [0.15, 0.2) is 55.1 Å². The molecule has 0 saturated heterocycles. The molecule has 0 aliphatic carbocycles. The summed E-state index contributed by atoms with van der Waals surface area (Å²) in [7, 11) is -3.70. The summed E-state index contributed by atoms with van der Waals surface area (Å²) >= 11 is 0. The van der Waals surface area contributed by atoms with Gasteiger partial charge in [0.05, 0.1) is 23.2 Å². The third kappa shape index (κ3) is 5.92. The largest absolute Gasteiger partial charge is 0.349 e. The number of anilines is 2. The molecule has 2 aromatic rings. The fourth-order valence-corrected chi connectivity index (χ4v) is 3.75. The Labute approximate surface area is 171 Å². The highest BCUT2D eigenvalue weighted by Crippen LogP contribution is 2.24. The molecule has 0 unspecified atom stereocenters. The lowest BCUT2D eigenvalue weighted by molar-refractivity contribution is -0.114. The molecule has 0 radical (unpaired) electrons. The van der Waals surface area contributed by atoms with Gasteiger partial charge in [0.2, 0.25) is 15.9 Å². The molecular weight excluding hydrogens is 390 g/mol. The second kappa shape index (κ2) is 9.38. The number of benzene rings is 2. The topological polar surface area (TPSA) is 95.6 Å². The van der Waals surface area contributed by atoms with Crippen molar-refractivity contribution in [2.45, 2.75) is 13.8 Å². The molecule has 2 rings (SSSR count). The van der Waals surface area contributed by atoms with Crippen LogP contribution in [0.1, 0.15) is 21.5 Å². The highest BCUT2D eigenvalue weighted by atomic mass is 32.2. The van der Waals surface area contributed by atoms with Gasteiger partial charge in [0.1, 0.15) is 6.54 Å². The molecule has 0 spiro atoms.